The normalized spacial score (nSPS) is 20.0. The van der Waals surface area contributed by atoms with Crippen LogP contribution in [0.1, 0.15) is 60.8 Å². The Hall–Kier alpha value is -4.04. The molecule has 0 radical (unpaired) electrons. The van der Waals surface area contributed by atoms with Gasteiger partial charge in [0.15, 0.2) is 11.2 Å². The van der Waals surface area contributed by atoms with Crippen molar-refractivity contribution in [2.45, 2.75) is 79.0 Å². The number of para-hydroxylation sites is 1. The van der Waals surface area contributed by atoms with Gasteiger partial charge in [0.05, 0.1) is 18.1 Å². The topological polar surface area (TPSA) is 216 Å². The molecule has 1 aliphatic carbocycles. The Morgan fingerprint density at radius 3 is 2.48 bits per heavy atom. The second-order valence-corrected chi connectivity index (χ2v) is 14.5. The van der Waals surface area contributed by atoms with Crippen molar-refractivity contribution < 1.29 is 32.7 Å². The van der Waals surface area contributed by atoms with E-state index in [1.807, 2.05) is 6.92 Å². The van der Waals surface area contributed by atoms with E-state index < -0.39 is 42.7 Å². The molecule has 6 N–H and O–H groups in total. The summed E-state index contributed by atoms with van der Waals surface area (Å²) in [5.74, 6) is -1.53. The Labute approximate surface area is 279 Å². The number of carbonyl (C=O) groups excluding carboxylic acids is 2. The zero-order valence-electron chi connectivity index (χ0n) is 28.2. The Bertz CT molecular complexity index is 1720. The predicted octanol–water partition coefficient (Wildman–Crippen LogP) is 4.01. The largest absolute Gasteiger partial charge is 0.463 e. The fraction of sp³-hybridized carbons (Fsp3) is 0.531. The summed E-state index contributed by atoms with van der Waals surface area (Å²) in [6.45, 7) is 10.6. The molecule has 15 nitrogen and oxygen atoms in total. The number of benzene rings is 1. The van der Waals surface area contributed by atoms with E-state index in [2.05, 4.69) is 20.0 Å². The zero-order valence-corrected chi connectivity index (χ0v) is 29.1. The highest BCUT2D eigenvalue weighted by atomic mass is 31.2. The lowest BCUT2D eigenvalue weighted by Crippen LogP contribution is -2.43. The number of carbonyl (C=O) groups is 2. The van der Waals surface area contributed by atoms with Crippen LogP contribution >= 0.6 is 7.75 Å². The molecule has 0 bridgehead atoms. The van der Waals surface area contributed by atoms with Gasteiger partial charge >= 0.3 is 19.7 Å². The lowest BCUT2D eigenvalue weighted by atomic mass is 10.1. The van der Waals surface area contributed by atoms with Gasteiger partial charge in [0.1, 0.15) is 30.8 Å². The number of esters is 2. The quantitative estimate of drug-likeness (QED) is 0.117. The van der Waals surface area contributed by atoms with E-state index in [0.717, 1.165) is 6.42 Å². The maximum atomic E-state index is 14.5. The lowest BCUT2D eigenvalue weighted by Gasteiger charge is -2.28. The fourth-order valence-corrected chi connectivity index (χ4v) is 6.66. The van der Waals surface area contributed by atoms with Gasteiger partial charge in [-0.25, -0.2) is 9.55 Å². The van der Waals surface area contributed by atoms with Crippen molar-refractivity contribution in [2.75, 3.05) is 18.9 Å². The Morgan fingerprint density at radius 1 is 1.12 bits per heavy atom. The van der Waals surface area contributed by atoms with E-state index in [1.54, 1.807) is 71.2 Å². The summed E-state index contributed by atoms with van der Waals surface area (Å²) in [5, 5.41) is 2.83. The highest BCUT2D eigenvalue weighted by molar-refractivity contribution is 7.52. The number of nitrogens with one attached hydrogen (secondary N) is 2. The summed E-state index contributed by atoms with van der Waals surface area (Å²) >= 11 is 0. The molecule has 2 aromatic heterocycles. The number of nitrogens with zero attached hydrogens (tertiary/aromatic N) is 3. The first-order valence-corrected chi connectivity index (χ1v) is 17.5. The molecule has 262 valence electrons. The number of fused-ring (bicyclic) bond motifs is 1. The average Bonchev–Trinajstić information content (AvgIpc) is 3.56. The molecule has 4 rings (SSSR count). The summed E-state index contributed by atoms with van der Waals surface area (Å²) in [6.07, 6.45) is 4.60. The SMILES string of the molecule is CCC[C@H](C)OC(=O)[C@@H](NP(=O)(OC[C@@]1(COC(=O)C(N)C(C)C)C/C1=C/n1cnc2c(=O)[nH]c(N)nc21)Oc1ccccc1)C(C)C. The third-order valence-electron chi connectivity index (χ3n) is 8.02. The van der Waals surface area contributed by atoms with Gasteiger partial charge in [-0.3, -0.25) is 28.5 Å². The molecule has 3 aromatic rings. The van der Waals surface area contributed by atoms with E-state index in [1.165, 1.54) is 10.9 Å². The molecule has 48 heavy (non-hydrogen) atoms. The van der Waals surface area contributed by atoms with Gasteiger partial charge in [-0.05, 0) is 49.3 Å². The minimum Gasteiger partial charge on any atom is -0.463 e. The highest BCUT2D eigenvalue weighted by Gasteiger charge is 2.53. The molecule has 2 heterocycles. The number of ether oxygens (including phenoxy) is 2. The number of imidazole rings is 1. The number of hydrogen-bond donors (Lipinski definition) is 4. The second-order valence-electron chi connectivity index (χ2n) is 12.8. The molecule has 2 unspecified atom stereocenters. The van der Waals surface area contributed by atoms with Gasteiger partial charge in [0.2, 0.25) is 5.95 Å². The van der Waals surface area contributed by atoms with Crippen molar-refractivity contribution in [3.63, 3.8) is 0 Å². The number of H-pyrrole nitrogens is 1. The first kappa shape index (κ1) is 36.8. The van der Waals surface area contributed by atoms with Crippen LogP contribution in [0.3, 0.4) is 0 Å². The van der Waals surface area contributed by atoms with Gasteiger partial charge in [0.25, 0.3) is 5.56 Å². The second kappa shape index (κ2) is 15.5. The summed E-state index contributed by atoms with van der Waals surface area (Å²) in [4.78, 5) is 49.1. The lowest BCUT2D eigenvalue weighted by molar-refractivity contribution is -0.152. The van der Waals surface area contributed by atoms with E-state index in [0.29, 0.717) is 18.4 Å². The molecule has 5 atom stereocenters. The van der Waals surface area contributed by atoms with Crippen LogP contribution in [-0.2, 0) is 28.2 Å². The van der Waals surface area contributed by atoms with Crippen LogP contribution in [-0.4, -0.2) is 62.9 Å². The maximum absolute atomic E-state index is 14.5. The molecule has 0 aliphatic heterocycles. The number of aromatic nitrogens is 4. The number of aromatic amines is 1. The van der Waals surface area contributed by atoms with Gasteiger partial charge in [-0.15, -0.1) is 0 Å². The van der Waals surface area contributed by atoms with Crippen molar-refractivity contribution in [2.24, 2.45) is 23.0 Å². The molecule has 0 saturated heterocycles. The van der Waals surface area contributed by atoms with E-state index in [9.17, 15) is 18.9 Å². The van der Waals surface area contributed by atoms with E-state index in [4.69, 9.17) is 30.0 Å². The maximum Gasteiger partial charge on any atom is 0.459 e. The van der Waals surface area contributed by atoms with Crippen molar-refractivity contribution in [3.05, 3.63) is 52.6 Å². The first-order valence-electron chi connectivity index (χ1n) is 16.0. The summed E-state index contributed by atoms with van der Waals surface area (Å²) in [7, 11) is -4.29. The van der Waals surface area contributed by atoms with Crippen molar-refractivity contribution in [3.8, 4) is 5.75 Å². The number of hydrogen-bond acceptors (Lipinski definition) is 12. The van der Waals surface area contributed by atoms with Crippen molar-refractivity contribution in [1.29, 1.82) is 0 Å². The first-order chi connectivity index (χ1) is 22.7. The molecule has 0 amide bonds. The Morgan fingerprint density at radius 2 is 1.83 bits per heavy atom. The van der Waals surface area contributed by atoms with Crippen LogP contribution in [0.25, 0.3) is 17.4 Å². The third-order valence-corrected chi connectivity index (χ3v) is 9.54. The number of nitrogen functional groups attached to an aromatic ring is 1. The Kier molecular flexibility index (Phi) is 11.8. The van der Waals surface area contributed by atoms with E-state index in [-0.39, 0.29) is 54.0 Å². The van der Waals surface area contributed by atoms with Gasteiger partial charge in [-0.2, -0.15) is 10.1 Å². The fourth-order valence-electron chi connectivity index (χ4n) is 4.92. The standard InChI is InChI=1S/C32H46N7O8P/c1-7-11-21(6)46-30(42)25(20(4)5)38-48(43,47-23-12-9-8-10-13-23)45-17-32(16-44-29(41)24(33)19(2)3)14-22(32)15-39-18-35-26-27(39)36-31(34)37-28(26)40/h8-10,12-13,15,18-21,24-25H,7,11,14,16-17,33H2,1-6H3,(H,38,43)(H3,34,36,37,40)/b22-15-/t21-,24?,25-,32-,48?/m0/s1. The van der Waals surface area contributed by atoms with Crippen molar-refractivity contribution in [1.82, 2.24) is 24.6 Å². The smallest absolute Gasteiger partial charge is 0.459 e. The van der Waals surface area contributed by atoms with Gasteiger partial charge in [0, 0.05) is 6.20 Å². The molecule has 16 heteroatoms. The third kappa shape index (κ3) is 9.10. The minimum atomic E-state index is -4.29. The molecule has 1 saturated carbocycles. The van der Waals surface area contributed by atoms with Gasteiger partial charge in [-0.1, -0.05) is 59.2 Å². The molecular weight excluding hydrogens is 641 g/mol. The molecular formula is C32H46N7O8P. The number of rotatable bonds is 17. The van der Waals surface area contributed by atoms with Crippen LogP contribution in [0.2, 0.25) is 0 Å². The number of anilines is 1. The van der Waals surface area contributed by atoms with Crippen LogP contribution < -0.4 is 26.6 Å². The van der Waals surface area contributed by atoms with Crippen LogP contribution in [0.15, 0.2) is 47.0 Å². The molecule has 1 aromatic carbocycles. The van der Waals surface area contributed by atoms with Crippen LogP contribution in [0.4, 0.5) is 5.95 Å². The van der Waals surface area contributed by atoms with Crippen LogP contribution in [0.5, 0.6) is 5.75 Å². The average molecular weight is 688 g/mol. The molecule has 1 aliphatic rings. The summed E-state index contributed by atoms with van der Waals surface area (Å²) < 4.78 is 39.3. The Balaban J connectivity index is 1.65. The summed E-state index contributed by atoms with van der Waals surface area (Å²) in [5.41, 5.74) is 11.4. The number of nitrogens with two attached hydrogens (primary N) is 2. The predicted molar refractivity (Wildman–Crippen MR) is 181 cm³/mol. The highest BCUT2D eigenvalue weighted by Crippen LogP contribution is 2.57. The van der Waals surface area contributed by atoms with E-state index >= 15 is 0 Å². The van der Waals surface area contributed by atoms with Crippen molar-refractivity contribution >= 4 is 43.0 Å². The van der Waals surface area contributed by atoms with Gasteiger partial charge < -0.3 is 25.5 Å². The van der Waals surface area contributed by atoms with Crippen LogP contribution in [0, 0.1) is 17.3 Å². The zero-order chi connectivity index (χ0) is 35.2. The minimum absolute atomic E-state index is 0.0814. The molecule has 1 fully saturated rings. The monoisotopic (exact) mass is 687 g/mol. The molecule has 0 spiro atoms. The summed E-state index contributed by atoms with van der Waals surface area (Å²) in [6, 6.07) is 6.54.